The molecule has 2 rings (SSSR count). The number of amides is 1. The van der Waals surface area contributed by atoms with Gasteiger partial charge in [-0.25, -0.2) is 0 Å². The molecule has 1 N–H and O–H groups in total. The highest BCUT2D eigenvalue weighted by atomic mass is 35.5. The van der Waals surface area contributed by atoms with Gasteiger partial charge in [0, 0.05) is 11.8 Å². The van der Waals surface area contributed by atoms with Crippen LogP contribution in [0.1, 0.15) is 47.8 Å². The van der Waals surface area contributed by atoms with E-state index in [1.54, 1.807) is 12.3 Å². The van der Waals surface area contributed by atoms with Gasteiger partial charge in [0.15, 0.2) is 0 Å². The van der Waals surface area contributed by atoms with Crippen LogP contribution in [0.25, 0.3) is 12.2 Å². The molecule has 1 aromatic heterocycles. The fraction of sp³-hybridized carbons (Fsp3) is 0.250. The minimum atomic E-state index is -0.440. The second-order valence-corrected chi connectivity index (χ2v) is 5.53. The maximum Gasteiger partial charge on any atom is 0.252 e. The number of carbonyl (C=O) groups is 2. The minimum absolute atomic E-state index is 0. The van der Waals surface area contributed by atoms with Crippen LogP contribution in [0.5, 0.6) is 0 Å². The Labute approximate surface area is 154 Å². The van der Waals surface area contributed by atoms with Crippen LogP contribution in [0.4, 0.5) is 0 Å². The Balaban J connectivity index is 0.00000312. The van der Waals surface area contributed by atoms with Crippen LogP contribution in [-0.2, 0) is 4.79 Å². The average molecular weight is 359 g/mol. The van der Waals surface area contributed by atoms with E-state index in [4.69, 9.17) is 0 Å². The maximum absolute atomic E-state index is 12.5. The summed E-state index contributed by atoms with van der Waals surface area (Å²) in [6, 6.07) is 12.5. The van der Waals surface area contributed by atoms with Gasteiger partial charge in [-0.05, 0) is 36.3 Å². The largest absolute Gasteiger partial charge is 0.343 e. The van der Waals surface area contributed by atoms with Crippen molar-refractivity contribution in [3.63, 3.8) is 0 Å². The number of hydrogen-bond donors (Lipinski definition) is 1. The van der Waals surface area contributed by atoms with Crippen molar-refractivity contribution in [1.82, 2.24) is 10.3 Å². The smallest absolute Gasteiger partial charge is 0.252 e. The molecule has 0 radical (unpaired) electrons. The lowest BCUT2D eigenvalue weighted by molar-refractivity contribution is -0.109. The van der Waals surface area contributed by atoms with Crippen LogP contribution in [0.15, 0.2) is 48.7 Å². The van der Waals surface area contributed by atoms with Crippen molar-refractivity contribution in [1.29, 1.82) is 0 Å². The van der Waals surface area contributed by atoms with Crippen LogP contribution in [0.2, 0.25) is 0 Å². The molecule has 4 nitrogen and oxygen atoms in total. The van der Waals surface area contributed by atoms with E-state index in [1.165, 1.54) is 0 Å². The van der Waals surface area contributed by atoms with Gasteiger partial charge in [0.25, 0.3) is 5.91 Å². The number of benzene rings is 1. The van der Waals surface area contributed by atoms with Gasteiger partial charge in [-0.15, -0.1) is 12.4 Å². The molecule has 0 saturated carbocycles. The third-order valence-electron chi connectivity index (χ3n) is 3.68. The van der Waals surface area contributed by atoms with E-state index >= 15 is 0 Å². The number of rotatable bonds is 8. The highest BCUT2D eigenvalue weighted by molar-refractivity contribution is 5.99. The molecule has 1 atom stereocenters. The van der Waals surface area contributed by atoms with Crippen LogP contribution < -0.4 is 5.32 Å². The first kappa shape index (κ1) is 20.6. The molecule has 1 amide bonds. The molecule has 0 aliphatic heterocycles. The predicted molar refractivity (Wildman–Crippen MR) is 104 cm³/mol. The van der Waals surface area contributed by atoms with Crippen LogP contribution in [0, 0.1) is 0 Å². The van der Waals surface area contributed by atoms with Crippen LogP contribution in [0.3, 0.4) is 0 Å². The third kappa shape index (κ3) is 6.51. The number of halogens is 1. The van der Waals surface area contributed by atoms with Gasteiger partial charge in [0.2, 0.25) is 0 Å². The summed E-state index contributed by atoms with van der Waals surface area (Å²) >= 11 is 0. The summed E-state index contributed by atoms with van der Waals surface area (Å²) < 4.78 is 0. The van der Waals surface area contributed by atoms with Crippen molar-refractivity contribution >= 4 is 36.8 Å². The van der Waals surface area contributed by atoms with Crippen molar-refractivity contribution < 1.29 is 9.59 Å². The molecule has 25 heavy (non-hydrogen) atoms. The Bertz CT molecular complexity index is 702. The van der Waals surface area contributed by atoms with Crippen molar-refractivity contribution in [2.24, 2.45) is 0 Å². The van der Waals surface area contributed by atoms with Gasteiger partial charge in [0.1, 0.15) is 6.29 Å². The van der Waals surface area contributed by atoms with Gasteiger partial charge in [0.05, 0.1) is 11.7 Å². The predicted octanol–water partition coefficient (Wildman–Crippen LogP) is 4.16. The number of aromatic nitrogens is 1. The van der Waals surface area contributed by atoms with Gasteiger partial charge < -0.3 is 10.1 Å². The number of nitrogens with one attached hydrogen (secondary N) is 1. The van der Waals surface area contributed by atoms with E-state index in [-0.39, 0.29) is 18.3 Å². The van der Waals surface area contributed by atoms with E-state index in [2.05, 4.69) is 17.2 Å². The zero-order valence-corrected chi connectivity index (χ0v) is 15.0. The molecule has 5 heteroatoms. The summed E-state index contributed by atoms with van der Waals surface area (Å²) in [5.74, 6) is -0.232. The third-order valence-corrected chi connectivity index (χ3v) is 3.68. The molecule has 2 aromatic rings. The van der Waals surface area contributed by atoms with E-state index < -0.39 is 6.04 Å². The second-order valence-electron chi connectivity index (χ2n) is 5.53. The molecule has 0 aliphatic rings. The van der Waals surface area contributed by atoms with Crippen molar-refractivity contribution in [3.05, 3.63) is 65.5 Å². The Morgan fingerprint density at radius 3 is 2.60 bits per heavy atom. The number of hydrogen-bond acceptors (Lipinski definition) is 3. The first-order valence-electron chi connectivity index (χ1n) is 8.19. The Morgan fingerprint density at radius 1 is 1.16 bits per heavy atom. The summed E-state index contributed by atoms with van der Waals surface area (Å²) in [5.41, 5.74) is 2.16. The fourth-order valence-electron chi connectivity index (χ4n) is 2.34. The molecule has 0 saturated heterocycles. The molecular formula is C20H23ClN2O2. The van der Waals surface area contributed by atoms with Crippen LogP contribution >= 0.6 is 12.4 Å². The summed E-state index contributed by atoms with van der Waals surface area (Å²) in [7, 11) is 0. The average Bonchev–Trinajstić information content (AvgIpc) is 2.64. The molecular weight excluding hydrogens is 336 g/mol. The lowest BCUT2D eigenvalue weighted by atomic mass is 10.0. The molecule has 1 unspecified atom stereocenters. The summed E-state index contributed by atoms with van der Waals surface area (Å²) in [4.78, 5) is 27.9. The topological polar surface area (TPSA) is 59.1 Å². The number of aldehydes is 1. The zero-order valence-electron chi connectivity index (χ0n) is 14.2. The molecule has 1 heterocycles. The minimum Gasteiger partial charge on any atom is -0.343 e. The maximum atomic E-state index is 12.5. The quantitative estimate of drug-likeness (QED) is 0.721. The number of nitrogens with zero attached hydrogens (tertiary/aromatic N) is 1. The number of unbranched alkanes of at least 4 members (excludes halogenated alkanes) is 1. The van der Waals surface area contributed by atoms with E-state index in [1.807, 2.05) is 48.6 Å². The van der Waals surface area contributed by atoms with Gasteiger partial charge >= 0.3 is 0 Å². The standard InChI is InChI=1S/C20H22N2O2.ClH/c1-2-3-9-18(15-23)22-20(24)19-11-5-4-8-16(19)12-13-17-10-6-7-14-21-17;/h4-8,10-15,18H,2-3,9H2,1H3,(H,22,24);1H/b13-12+;. The zero-order chi connectivity index (χ0) is 17.2. The summed E-state index contributed by atoms with van der Waals surface area (Å²) in [6.07, 6.45) is 8.81. The second kappa shape index (κ2) is 11.2. The van der Waals surface area contributed by atoms with Crippen molar-refractivity contribution in [3.8, 4) is 0 Å². The van der Waals surface area contributed by atoms with Gasteiger partial charge in [-0.1, -0.05) is 50.1 Å². The highest BCUT2D eigenvalue weighted by Gasteiger charge is 2.14. The fourth-order valence-corrected chi connectivity index (χ4v) is 2.34. The first-order chi connectivity index (χ1) is 11.7. The van der Waals surface area contributed by atoms with Crippen molar-refractivity contribution in [2.75, 3.05) is 0 Å². The number of pyridine rings is 1. The Hall–Kier alpha value is -2.46. The SMILES string of the molecule is CCCCC(C=O)NC(=O)c1ccccc1/C=C/c1ccccn1.Cl. The van der Waals surface area contributed by atoms with Gasteiger partial charge in [-0.2, -0.15) is 0 Å². The molecule has 0 fully saturated rings. The monoisotopic (exact) mass is 358 g/mol. The first-order valence-corrected chi connectivity index (χ1v) is 8.19. The normalized spacial score (nSPS) is 11.6. The number of carbonyl (C=O) groups excluding carboxylic acids is 2. The van der Waals surface area contributed by atoms with Crippen LogP contribution in [-0.4, -0.2) is 23.2 Å². The van der Waals surface area contributed by atoms with E-state index in [0.29, 0.717) is 12.0 Å². The van der Waals surface area contributed by atoms with E-state index in [0.717, 1.165) is 30.4 Å². The van der Waals surface area contributed by atoms with Gasteiger partial charge in [-0.3, -0.25) is 9.78 Å². The lowest BCUT2D eigenvalue weighted by Crippen LogP contribution is -2.36. The van der Waals surface area contributed by atoms with E-state index in [9.17, 15) is 9.59 Å². The Kier molecular flexibility index (Phi) is 9.19. The van der Waals surface area contributed by atoms with Crippen molar-refractivity contribution in [2.45, 2.75) is 32.2 Å². The molecule has 132 valence electrons. The summed E-state index contributed by atoms with van der Waals surface area (Å²) in [5, 5.41) is 2.80. The molecule has 0 aliphatic carbocycles. The summed E-state index contributed by atoms with van der Waals surface area (Å²) in [6.45, 7) is 2.06. The highest BCUT2D eigenvalue weighted by Crippen LogP contribution is 2.13. The molecule has 0 spiro atoms. The Morgan fingerprint density at radius 2 is 1.92 bits per heavy atom. The lowest BCUT2D eigenvalue weighted by Gasteiger charge is -2.13. The molecule has 0 bridgehead atoms. The molecule has 1 aromatic carbocycles.